The van der Waals surface area contributed by atoms with Crippen molar-refractivity contribution >= 4 is 44.3 Å². The lowest BCUT2D eigenvalue weighted by Gasteiger charge is -2.01. The van der Waals surface area contributed by atoms with E-state index in [0.29, 0.717) is 8.42 Å². The van der Waals surface area contributed by atoms with Gasteiger partial charge in [-0.1, -0.05) is 0 Å². The van der Waals surface area contributed by atoms with Gasteiger partial charge < -0.3 is 0 Å². The zero-order valence-corrected chi connectivity index (χ0v) is 12.5. The Labute approximate surface area is 125 Å². The fourth-order valence-corrected chi connectivity index (χ4v) is 5.60. The monoisotopic (exact) mass is 366 g/mol. The molecule has 0 radical (unpaired) electrons. The molecular formula is C10H4F6S4. The molecule has 20 heavy (non-hydrogen) atoms. The quantitative estimate of drug-likeness (QED) is 0.441. The molecule has 0 nitrogen and oxygen atoms in total. The Balaban J connectivity index is 1.99. The molecule has 2 heterocycles. The van der Waals surface area contributed by atoms with Crippen molar-refractivity contribution in [3.05, 3.63) is 34.0 Å². The maximum atomic E-state index is 12.4. The highest BCUT2D eigenvalue weighted by atomic mass is 33.1. The molecule has 0 aromatic carbocycles. The highest BCUT2D eigenvalue weighted by Gasteiger charge is 2.32. The van der Waals surface area contributed by atoms with E-state index in [0.717, 1.165) is 67.2 Å². The summed E-state index contributed by atoms with van der Waals surface area (Å²) >= 11 is 1.83. The van der Waals surface area contributed by atoms with Crippen LogP contribution in [0.2, 0.25) is 0 Å². The smallest absolute Gasteiger partial charge is 0.166 e. The lowest BCUT2D eigenvalue weighted by Crippen LogP contribution is -2.01. The average Bonchev–Trinajstić information content (AvgIpc) is 2.94. The number of rotatable bonds is 3. The van der Waals surface area contributed by atoms with Crippen LogP contribution in [0, 0.1) is 0 Å². The first-order chi connectivity index (χ1) is 9.16. The van der Waals surface area contributed by atoms with Gasteiger partial charge in [-0.25, -0.2) is 0 Å². The van der Waals surface area contributed by atoms with E-state index in [1.54, 1.807) is 0 Å². The van der Waals surface area contributed by atoms with Crippen LogP contribution in [-0.2, 0) is 12.4 Å². The summed E-state index contributed by atoms with van der Waals surface area (Å²) < 4.78 is 75.0. The lowest BCUT2D eigenvalue weighted by atomic mass is 10.3. The first-order valence-corrected chi connectivity index (χ1v) is 8.73. The van der Waals surface area contributed by atoms with E-state index in [1.165, 1.54) is 0 Å². The highest BCUT2D eigenvalue weighted by Crippen LogP contribution is 2.46. The molecule has 0 N–H and O–H groups in total. The maximum absolute atomic E-state index is 12.4. The molecule has 0 aliphatic heterocycles. The number of halogens is 6. The molecule has 0 fully saturated rings. The van der Waals surface area contributed by atoms with Crippen LogP contribution < -0.4 is 0 Å². The summed E-state index contributed by atoms with van der Waals surface area (Å²) in [6.45, 7) is 0. The molecule has 0 atom stereocenters. The van der Waals surface area contributed by atoms with Crippen molar-refractivity contribution in [3.63, 3.8) is 0 Å². The van der Waals surface area contributed by atoms with E-state index < -0.39 is 23.5 Å². The molecule has 110 valence electrons. The predicted molar refractivity (Wildman–Crippen MR) is 70.4 cm³/mol. The molecule has 2 aromatic rings. The first-order valence-electron chi connectivity index (χ1n) is 4.82. The van der Waals surface area contributed by atoms with Crippen molar-refractivity contribution in [2.24, 2.45) is 0 Å². The van der Waals surface area contributed by atoms with Gasteiger partial charge in [0.1, 0.15) is 0 Å². The summed E-state index contributed by atoms with van der Waals surface area (Å²) in [4.78, 5) is 0. The fraction of sp³-hybridized carbons (Fsp3) is 0.200. The topological polar surface area (TPSA) is 0 Å². The van der Waals surface area contributed by atoms with Crippen LogP contribution in [0.4, 0.5) is 26.3 Å². The summed E-state index contributed by atoms with van der Waals surface area (Å²) in [6, 6.07) is 1.97. The number of thiophene rings is 2. The molecule has 0 unspecified atom stereocenters. The predicted octanol–water partition coefficient (Wildman–Crippen LogP) is 6.65. The van der Waals surface area contributed by atoms with Crippen molar-refractivity contribution in [1.82, 2.24) is 0 Å². The summed E-state index contributed by atoms with van der Waals surface area (Å²) in [5.41, 5.74) is -1.49. The van der Waals surface area contributed by atoms with E-state index in [1.807, 2.05) is 0 Å². The van der Waals surface area contributed by atoms with Gasteiger partial charge in [0.25, 0.3) is 0 Å². The number of hydrogen-bond donors (Lipinski definition) is 0. The number of hydrogen-bond acceptors (Lipinski definition) is 4. The van der Waals surface area contributed by atoms with Crippen LogP contribution in [0.1, 0.15) is 11.1 Å². The zero-order valence-electron chi connectivity index (χ0n) is 9.21. The third-order valence-corrected chi connectivity index (χ3v) is 7.14. The first kappa shape index (κ1) is 16.1. The molecule has 10 heteroatoms. The van der Waals surface area contributed by atoms with Crippen LogP contribution in [0.15, 0.2) is 31.3 Å². The van der Waals surface area contributed by atoms with Crippen molar-refractivity contribution in [3.8, 4) is 0 Å². The van der Waals surface area contributed by atoms with Gasteiger partial charge in [-0.2, -0.15) is 26.3 Å². The Morgan fingerprint density at radius 2 is 1.05 bits per heavy atom. The molecular weight excluding hydrogens is 362 g/mol. The van der Waals surface area contributed by atoms with Gasteiger partial charge in [0, 0.05) is 10.8 Å². The van der Waals surface area contributed by atoms with Crippen molar-refractivity contribution in [2.75, 3.05) is 0 Å². The van der Waals surface area contributed by atoms with Crippen molar-refractivity contribution < 1.29 is 26.3 Å². The van der Waals surface area contributed by atoms with Crippen LogP contribution in [0.3, 0.4) is 0 Å². The fourth-order valence-electron chi connectivity index (χ4n) is 1.10. The van der Waals surface area contributed by atoms with Gasteiger partial charge >= 0.3 is 12.4 Å². The highest BCUT2D eigenvalue weighted by molar-refractivity contribution is 8.77. The van der Waals surface area contributed by atoms with Gasteiger partial charge in [-0.3, -0.25) is 0 Å². The zero-order chi connectivity index (χ0) is 15.0. The van der Waals surface area contributed by atoms with Gasteiger partial charge in [-0.15, -0.1) is 22.7 Å². The van der Waals surface area contributed by atoms with E-state index in [2.05, 4.69) is 0 Å². The second kappa shape index (κ2) is 5.82. The molecule has 2 aromatic heterocycles. The number of alkyl halides is 6. The summed E-state index contributed by atoms with van der Waals surface area (Å²) in [7, 11) is 2.03. The summed E-state index contributed by atoms with van der Waals surface area (Å²) in [5, 5.41) is 1.97. The second-order valence-corrected chi connectivity index (χ2v) is 8.02. The van der Waals surface area contributed by atoms with Crippen molar-refractivity contribution in [1.29, 1.82) is 0 Å². The van der Waals surface area contributed by atoms with Crippen LogP contribution >= 0.6 is 44.3 Å². The van der Waals surface area contributed by atoms with E-state index in [-0.39, 0.29) is 0 Å². The molecule has 0 aliphatic carbocycles. The molecule has 0 saturated carbocycles. The SMILES string of the molecule is FC(F)(F)c1csc(SSc2cc(C(F)(F)F)cs2)c1. The van der Waals surface area contributed by atoms with E-state index in [9.17, 15) is 26.3 Å². The molecule has 0 bridgehead atoms. The van der Waals surface area contributed by atoms with Crippen LogP contribution in [0.5, 0.6) is 0 Å². The minimum atomic E-state index is -4.40. The van der Waals surface area contributed by atoms with Gasteiger partial charge in [0.05, 0.1) is 19.5 Å². The average molecular weight is 366 g/mol. The van der Waals surface area contributed by atoms with Crippen molar-refractivity contribution in [2.45, 2.75) is 20.8 Å². The normalized spacial score (nSPS) is 12.9. The minimum absolute atomic E-state index is 0.393. The van der Waals surface area contributed by atoms with Crippen LogP contribution in [0.25, 0.3) is 0 Å². The third-order valence-electron chi connectivity index (χ3n) is 2.01. The standard InChI is InChI=1S/C10H4F6S4/c11-9(12,13)5-1-7(17-3-5)19-20-8-2-6(4-18-8)10(14,15)16/h1-4H. The molecule has 0 saturated heterocycles. The second-order valence-electron chi connectivity index (χ2n) is 3.47. The van der Waals surface area contributed by atoms with Gasteiger partial charge in [0.2, 0.25) is 0 Å². The Hall–Kier alpha value is -0.320. The summed E-state index contributed by atoms with van der Waals surface area (Å²) in [5.74, 6) is 0. The molecule has 0 amide bonds. The van der Waals surface area contributed by atoms with Crippen LogP contribution in [-0.4, -0.2) is 0 Å². The molecule has 2 rings (SSSR count). The van der Waals surface area contributed by atoms with E-state index in [4.69, 9.17) is 0 Å². The summed E-state index contributed by atoms with van der Waals surface area (Å²) in [6.07, 6.45) is -8.79. The Kier molecular flexibility index (Phi) is 4.67. The van der Waals surface area contributed by atoms with Gasteiger partial charge in [-0.05, 0) is 33.7 Å². The Morgan fingerprint density at radius 1 is 0.700 bits per heavy atom. The minimum Gasteiger partial charge on any atom is -0.166 e. The molecule has 0 spiro atoms. The largest absolute Gasteiger partial charge is 0.417 e. The lowest BCUT2D eigenvalue weighted by molar-refractivity contribution is -0.138. The van der Waals surface area contributed by atoms with E-state index >= 15 is 0 Å². The third kappa shape index (κ3) is 4.09. The van der Waals surface area contributed by atoms with Gasteiger partial charge in [0.15, 0.2) is 0 Å². The Morgan fingerprint density at radius 3 is 1.30 bits per heavy atom. The Bertz CT molecular complexity index is 527. The maximum Gasteiger partial charge on any atom is 0.417 e. The molecule has 0 aliphatic rings.